The second-order valence-corrected chi connectivity index (χ2v) is 9.30. The second-order valence-electron chi connectivity index (χ2n) is 9.30. The van der Waals surface area contributed by atoms with Crippen molar-refractivity contribution in [3.05, 3.63) is 78.0 Å². The lowest BCUT2D eigenvalue weighted by Crippen LogP contribution is -2.44. The number of rotatable bonds is 7. The molecule has 1 spiro atoms. The van der Waals surface area contributed by atoms with Gasteiger partial charge in [0.15, 0.2) is 0 Å². The van der Waals surface area contributed by atoms with Crippen molar-refractivity contribution in [1.29, 1.82) is 0 Å². The molecule has 3 aromatic rings. The highest BCUT2D eigenvalue weighted by atomic mass is 16.5. The minimum atomic E-state index is -0.700. The lowest BCUT2D eigenvalue weighted by atomic mass is 9.77. The third kappa shape index (κ3) is 3.22. The second kappa shape index (κ2) is 8.02. The molecule has 1 aromatic heterocycles. The molecule has 0 unspecified atom stereocenters. The number of aromatic amines is 1. The number of hydrogen-bond acceptors (Lipinski definition) is 4. The molecule has 7 nitrogen and oxygen atoms in total. The van der Waals surface area contributed by atoms with Crippen LogP contribution in [0, 0.1) is 11.8 Å². The molecule has 4 heterocycles. The van der Waals surface area contributed by atoms with Crippen LogP contribution in [0.4, 0.5) is 0 Å². The molecule has 6 rings (SSSR count). The predicted molar refractivity (Wildman–Crippen MR) is 127 cm³/mol. The highest BCUT2D eigenvalue weighted by molar-refractivity contribution is 5.93. The topological polar surface area (TPSA) is 83.7 Å². The number of hydrogen-bond donors (Lipinski definition) is 2. The minimum Gasteiger partial charge on any atom is -0.496 e. The molecule has 0 radical (unpaired) electrons. The first-order valence-corrected chi connectivity index (χ1v) is 11.7. The number of methoxy groups -OCH3 is 1. The van der Waals surface area contributed by atoms with Gasteiger partial charge in [-0.25, -0.2) is 0 Å². The van der Waals surface area contributed by atoms with Gasteiger partial charge in [-0.2, -0.15) is 0 Å². The summed E-state index contributed by atoms with van der Waals surface area (Å²) in [7, 11) is 1.61. The van der Waals surface area contributed by atoms with E-state index >= 15 is 0 Å². The van der Waals surface area contributed by atoms with E-state index in [1.54, 1.807) is 7.11 Å². The van der Waals surface area contributed by atoms with Gasteiger partial charge in [-0.05, 0) is 24.1 Å². The first kappa shape index (κ1) is 21.0. The summed E-state index contributed by atoms with van der Waals surface area (Å²) in [5.74, 6) is -0.430. The summed E-state index contributed by atoms with van der Waals surface area (Å²) in [5, 5.41) is 4.19. The Labute approximate surface area is 197 Å². The summed E-state index contributed by atoms with van der Waals surface area (Å²) in [6.45, 7) is 1.42. The van der Waals surface area contributed by atoms with Crippen LogP contribution in [0.1, 0.15) is 11.1 Å². The fraction of sp³-hybridized carbons (Fsp3) is 0.333. The van der Waals surface area contributed by atoms with E-state index in [2.05, 4.69) is 22.4 Å². The zero-order chi connectivity index (χ0) is 23.3. The van der Waals surface area contributed by atoms with Crippen molar-refractivity contribution < 1.29 is 19.1 Å². The molecule has 2 amide bonds. The quantitative estimate of drug-likeness (QED) is 0.535. The number of nitrogens with zero attached hydrogens (tertiary/aromatic N) is 1. The van der Waals surface area contributed by atoms with E-state index in [1.807, 2.05) is 59.6 Å². The highest BCUT2D eigenvalue weighted by Gasteiger charge is 2.66. The van der Waals surface area contributed by atoms with Gasteiger partial charge in [0.2, 0.25) is 11.8 Å². The van der Waals surface area contributed by atoms with Crippen molar-refractivity contribution in [2.24, 2.45) is 11.8 Å². The van der Waals surface area contributed by atoms with Crippen LogP contribution in [0.2, 0.25) is 0 Å². The molecule has 2 aromatic carbocycles. The number of H-pyrrole nitrogens is 1. The fourth-order valence-corrected chi connectivity index (χ4v) is 5.81. The Morgan fingerprint density at radius 2 is 2.03 bits per heavy atom. The van der Waals surface area contributed by atoms with Gasteiger partial charge in [0.1, 0.15) is 11.4 Å². The third-order valence-corrected chi connectivity index (χ3v) is 7.45. The monoisotopic (exact) mass is 457 g/mol. The molecular weight excluding hydrogens is 430 g/mol. The van der Waals surface area contributed by atoms with Crippen LogP contribution in [-0.4, -0.2) is 53.6 Å². The van der Waals surface area contributed by atoms with Gasteiger partial charge < -0.3 is 24.7 Å². The molecule has 0 saturated carbocycles. The molecule has 2 bridgehead atoms. The Bertz CT molecular complexity index is 1300. The van der Waals surface area contributed by atoms with E-state index in [-0.39, 0.29) is 17.9 Å². The summed E-state index contributed by atoms with van der Waals surface area (Å²) in [4.78, 5) is 31.9. The molecule has 2 N–H and O–H groups in total. The number of likely N-dealkylation sites (tertiary alicyclic amines) is 1. The van der Waals surface area contributed by atoms with Gasteiger partial charge >= 0.3 is 0 Å². The molecule has 0 aliphatic carbocycles. The number of benzene rings is 2. The van der Waals surface area contributed by atoms with Crippen molar-refractivity contribution in [2.75, 3.05) is 20.2 Å². The van der Waals surface area contributed by atoms with E-state index < -0.39 is 17.4 Å². The fourth-order valence-electron chi connectivity index (χ4n) is 5.81. The Hall–Kier alpha value is -3.58. The molecule has 4 atom stereocenters. The standard InChI is InChI=1S/C27H27N3O4/c1-33-21-9-5-2-6-18(21)15-29-25(31)23-22-10-12-27(34-22)16-30(26(32)24(23)27)13-11-17-14-28-20-8-4-3-7-19(17)20/h2-10,12,14,22-24,28H,11,13,15-16H2,1H3,(H,29,31)/t22-,23+,24-,27+/m1/s1. The van der Waals surface area contributed by atoms with Crippen LogP contribution in [0.15, 0.2) is 66.9 Å². The largest absolute Gasteiger partial charge is 0.496 e. The van der Waals surface area contributed by atoms with Crippen molar-refractivity contribution in [2.45, 2.75) is 24.7 Å². The molecule has 3 aliphatic rings. The summed E-state index contributed by atoms with van der Waals surface area (Å²) in [5.41, 5.74) is 2.47. The van der Waals surface area contributed by atoms with Gasteiger partial charge in [0.05, 0.1) is 31.6 Å². The molecule has 34 heavy (non-hydrogen) atoms. The Morgan fingerprint density at radius 3 is 2.91 bits per heavy atom. The summed E-state index contributed by atoms with van der Waals surface area (Å²) in [6.07, 6.45) is 6.34. The normalized spacial score (nSPS) is 26.9. The van der Waals surface area contributed by atoms with Gasteiger partial charge in [0.25, 0.3) is 0 Å². The third-order valence-electron chi connectivity index (χ3n) is 7.45. The summed E-state index contributed by atoms with van der Waals surface area (Å²) < 4.78 is 11.6. The van der Waals surface area contributed by atoms with E-state index in [9.17, 15) is 9.59 Å². The van der Waals surface area contributed by atoms with Gasteiger partial charge in [-0.3, -0.25) is 9.59 Å². The maximum atomic E-state index is 13.5. The summed E-state index contributed by atoms with van der Waals surface area (Å²) >= 11 is 0. The number of carbonyl (C=O) groups excluding carboxylic acids is 2. The van der Waals surface area contributed by atoms with Crippen LogP contribution in [-0.2, 0) is 27.3 Å². The Morgan fingerprint density at radius 1 is 1.21 bits per heavy atom. The maximum absolute atomic E-state index is 13.5. The van der Waals surface area contributed by atoms with Crippen LogP contribution in [0.5, 0.6) is 5.75 Å². The van der Waals surface area contributed by atoms with E-state index in [0.717, 1.165) is 23.3 Å². The molecule has 3 aliphatic heterocycles. The molecule has 2 fully saturated rings. The Balaban J connectivity index is 1.16. The van der Waals surface area contributed by atoms with E-state index in [4.69, 9.17) is 9.47 Å². The number of ether oxygens (including phenoxy) is 2. The number of fused-ring (bicyclic) bond motifs is 2. The van der Waals surface area contributed by atoms with Gasteiger partial charge in [-0.1, -0.05) is 48.6 Å². The molecule has 7 heteroatoms. The van der Waals surface area contributed by atoms with Crippen molar-refractivity contribution in [1.82, 2.24) is 15.2 Å². The lowest BCUT2D eigenvalue weighted by molar-refractivity contribution is -0.137. The molecule has 174 valence electrons. The minimum absolute atomic E-state index is 0.00383. The van der Waals surface area contributed by atoms with Gasteiger partial charge in [0, 0.05) is 35.8 Å². The lowest BCUT2D eigenvalue weighted by Gasteiger charge is -2.23. The number of amides is 2. The van der Waals surface area contributed by atoms with Gasteiger partial charge in [-0.15, -0.1) is 0 Å². The van der Waals surface area contributed by atoms with E-state index in [1.165, 1.54) is 10.9 Å². The number of aromatic nitrogens is 1. The van der Waals surface area contributed by atoms with Crippen LogP contribution in [0.3, 0.4) is 0 Å². The summed E-state index contributed by atoms with van der Waals surface area (Å²) in [6, 6.07) is 15.8. The first-order chi connectivity index (χ1) is 16.6. The zero-order valence-electron chi connectivity index (χ0n) is 19.0. The smallest absolute Gasteiger partial charge is 0.230 e. The van der Waals surface area contributed by atoms with E-state index in [0.29, 0.717) is 19.6 Å². The molecule has 2 saturated heterocycles. The zero-order valence-corrected chi connectivity index (χ0v) is 19.0. The average Bonchev–Trinajstić information content (AvgIpc) is 3.61. The molecular formula is C27H27N3O4. The average molecular weight is 458 g/mol. The van der Waals surface area contributed by atoms with Crippen molar-refractivity contribution in [3.8, 4) is 5.75 Å². The maximum Gasteiger partial charge on any atom is 0.230 e. The van der Waals surface area contributed by atoms with Crippen LogP contribution >= 0.6 is 0 Å². The SMILES string of the molecule is COc1ccccc1CNC(=O)[C@H]1[C@H]2C=C[C@@]3(CN(CCc4c[nH]c5ccccc45)C(=O)[C@@H]13)O2. The van der Waals surface area contributed by atoms with Crippen LogP contribution < -0.4 is 10.1 Å². The van der Waals surface area contributed by atoms with Crippen molar-refractivity contribution >= 4 is 22.7 Å². The predicted octanol–water partition coefficient (Wildman–Crippen LogP) is 2.82. The number of nitrogens with one attached hydrogen (secondary N) is 2. The first-order valence-electron chi connectivity index (χ1n) is 11.7. The van der Waals surface area contributed by atoms with Crippen molar-refractivity contribution in [3.63, 3.8) is 0 Å². The highest BCUT2D eigenvalue weighted by Crippen LogP contribution is 2.51. The number of para-hydroxylation sites is 2. The van der Waals surface area contributed by atoms with Crippen LogP contribution in [0.25, 0.3) is 10.9 Å². The number of carbonyl (C=O) groups is 2. The Kier molecular flexibility index (Phi) is 4.95.